The highest BCUT2D eigenvalue weighted by Gasteiger charge is 2.41. The molecule has 0 aliphatic heterocycles. The van der Waals surface area contributed by atoms with Crippen molar-refractivity contribution < 1.29 is 13.6 Å². The summed E-state index contributed by atoms with van der Waals surface area (Å²) in [6.45, 7) is 22.8. The smallest absolute Gasteiger partial charge is 0.192 e. The summed E-state index contributed by atoms with van der Waals surface area (Å²) in [6.07, 6.45) is 1.26. The van der Waals surface area contributed by atoms with E-state index in [4.69, 9.17) is 8.85 Å². The van der Waals surface area contributed by atoms with Crippen molar-refractivity contribution in [3.8, 4) is 0 Å². The Kier molecular flexibility index (Phi) is 7.07. The van der Waals surface area contributed by atoms with E-state index >= 15 is 0 Å². The summed E-state index contributed by atoms with van der Waals surface area (Å²) in [6, 6.07) is 0. The zero-order valence-corrected chi connectivity index (χ0v) is 17.8. The Balaban J connectivity index is 4.84. The molecule has 126 valence electrons. The van der Waals surface area contributed by atoms with E-state index in [1.165, 1.54) is 0 Å². The summed E-state index contributed by atoms with van der Waals surface area (Å²) in [5.74, 6) is 0. The molecule has 1 atom stereocenters. The average Bonchev–Trinajstić information content (AvgIpc) is 2.22. The number of carbonyl (C=O) groups is 1. The minimum Gasteiger partial charge on any atom is -0.414 e. The van der Waals surface area contributed by atoms with E-state index in [1.807, 2.05) is 0 Å². The fourth-order valence-corrected chi connectivity index (χ4v) is 3.76. The molecule has 0 fully saturated rings. The van der Waals surface area contributed by atoms with E-state index in [0.29, 0.717) is 13.0 Å². The molecule has 3 nitrogen and oxygen atoms in total. The average molecular weight is 333 g/mol. The molecule has 0 aromatic heterocycles. The molecule has 0 saturated heterocycles. The lowest BCUT2D eigenvalue weighted by atomic mass is 10.2. The van der Waals surface area contributed by atoms with Gasteiger partial charge in [0.15, 0.2) is 16.6 Å². The molecule has 0 bridgehead atoms. The van der Waals surface area contributed by atoms with Crippen molar-refractivity contribution in [1.29, 1.82) is 0 Å². The minimum atomic E-state index is -1.87. The molecule has 0 aliphatic carbocycles. The van der Waals surface area contributed by atoms with Crippen LogP contribution in [0.1, 0.15) is 48.0 Å². The Morgan fingerprint density at radius 1 is 0.905 bits per heavy atom. The van der Waals surface area contributed by atoms with Gasteiger partial charge in [-0.15, -0.1) is 0 Å². The van der Waals surface area contributed by atoms with Crippen LogP contribution in [0.5, 0.6) is 0 Å². The zero-order chi connectivity index (χ0) is 17.1. The largest absolute Gasteiger partial charge is 0.414 e. The second-order valence-corrected chi connectivity index (χ2v) is 18.5. The molecular formula is C16H36O3Si2. The summed E-state index contributed by atoms with van der Waals surface area (Å²) < 4.78 is 12.6. The van der Waals surface area contributed by atoms with Crippen LogP contribution in [0.15, 0.2) is 0 Å². The first-order chi connectivity index (χ1) is 9.14. The lowest BCUT2D eigenvalue weighted by molar-refractivity contribution is -0.109. The summed E-state index contributed by atoms with van der Waals surface area (Å²) in [7, 11) is -3.67. The molecular weight excluding hydrogens is 296 g/mol. The number of aldehydes is 1. The van der Waals surface area contributed by atoms with Gasteiger partial charge in [0.2, 0.25) is 0 Å². The van der Waals surface area contributed by atoms with Crippen LogP contribution in [0.2, 0.25) is 36.3 Å². The van der Waals surface area contributed by atoms with E-state index in [1.54, 1.807) is 0 Å². The second-order valence-electron chi connectivity index (χ2n) is 8.97. The van der Waals surface area contributed by atoms with Crippen molar-refractivity contribution in [3.63, 3.8) is 0 Å². The van der Waals surface area contributed by atoms with Gasteiger partial charge in [-0.3, -0.25) is 0 Å². The Labute approximate surface area is 134 Å². The molecule has 0 aromatic rings. The molecule has 0 aromatic carbocycles. The summed E-state index contributed by atoms with van der Waals surface area (Å²) in [5.41, 5.74) is 0. The van der Waals surface area contributed by atoms with Gasteiger partial charge >= 0.3 is 0 Å². The van der Waals surface area contributed by atoms with E-state index in [2.05, 4.69) is 67.7 Å². The fourth-order valence-electron chi connectivity index (χ4n) is 1.37. The van der Waals surface area contributed by atoms with Crippen molar-refractivity contribution in [2.24, 2.45) is 0 Å². The summed E-state index contributed by atoms with van der Waals surface area (Å²) in [4.78, 5) is 11.0. The van der Waals surface area contributed by atoms with Crippen molar-refractivity contribution in [2.45, 2.75) is 90.3 Å². The highest BCUT2D eigenvalue weighted by Crippen LogP contribution is 2.39. The Bertz CT molecular complexity index is 338. The quantitative estimate of drug-likeness (QED) is 0.487. The van der Waals surface area contributed by atoms with Gasteiger partial charge in [0, 0.05) is 6.42 Å². The highest BCUT2D eigenvalue weighted by atomic mass is 28.4. The maximum atomic E-state index is 11.0. The van der Waals surface area contributed by atoms with Gasteiger partial charge in [-0.1, -0.05) is 41.5 Å². The Morgan fingerprint density at radius 3 is 1.67 bits per heavy atom. The lowest BCUT2D eigenvalue weighted by Crippen LogP contribution is -2.48. The molecule has 0 heterocycles. The highest BCUT2D eigenvalue weighted by molar-refractivity contribution is 6.74. The molecule has 0 rings (SSSR count). The van der Waals surface area contributed by atoms with Crippen LogP contribution in [0, 0.1) is 0 Å². The first kappa shape index (κ1) is 21.0. The van der Waals surface area contributed by atoms with Crippen LogP contribution in [0.3, 0.4) is 0 Å². The summed E-state index contributed by atoms with van der Waals surface area (Å²) in [5, 5.41) is 0.320. The molecule has 21 heavy (non-hydrogen) atoms. The fraction of sp³-hybridized carbons (Fsp3) is 0.938. The van der Waals surface area contributed by atoms with E-state index in [9.17, 15) is 4.79 Å². The molecule has 0 saturated carbocycles. The van der Waals surface area contributed by atoms with Gasteiger partial charge in [0.25, 0.3) is 0 Å². The predicted octanol–water partition coefficient (Wildman–Crippen LogP) is 4.99. The van der Waals surface area contributed by atoms with E-state index < -0.39 is 16.6 Å². The zero-order valence-electron chi connectivity index (χ0n) is 15.8. The first-order valence-electron chi connectivity index (χ1n) is 7.89. The SMILES string of the molecule is CC(C)(C)[Si](C)(C)OC[C@H](CC=O)O[Si](C)(C)C(C)(C)C. The second kappa shape index (κ2) is 7.07. The lowest BCUT2D eigenvalue weighted by Gasteiger charge is -2.41. The standard InChI is InChI=1S/C16H36O3Si2/c1-15(2,3)20(7,8)18-13-14(11-12-17)19-21(9,10)16(4,5)6/h12,14H,11,13H2,1-10H3/t14-/m0/s1. The van der Waals surface area contributed by atoms with Gasteiger partial charge in [0.1, 0.15) is 6.29 Å². The predicted molar refractivity (Wildman–Crippen MR) is 95.9 cm³/mol. The molecule has 0 aliphatic rings. The van der Waals surface area contributed by atoms with E-state index in [0.717, 1.165) is 6.29 Å². The maximum Gasteiger partial charge on any atom is 0.192 e. The Hall–Kier alpha value is 0.0238. The van der Waals surface area contributed by atoms with Gasteiger partial charge in [-0.2, -0.15) is 0 Å². The van der Waals surface area contributed by atoms with Crippen LogP contribution in [-0.2, 0) is 13.6 Å². The molecule has 0 amide bonds. The van der Waals surface area contributed by atoms with Crippen LogP contribution < -0.4 is 0 Å². The van der Waals surface area contributed by atoms with Crippen LogP contribution >= 0.6 is 0 Å². The number of carbonyl (C=O) groups excluding carboxylic acids is 1. The maximum absolute atomic E-state index is 11.0. The monoisotopic (exact) mass is 332 g/mol. The number of rotatable bonds is 7. The van der Waals surface area contributed by atoms with Crippen molar-refractivity contribution in [1.82, 2.24) is 0 Å². The van der Waals surface area contributed by atoms with Gasteiger partial charge in [0.05, 0.1) is 12.7 Å². The molecule has 0 spiro atoms. The normalized spacial score (nSPS) is 15.9. The van der Waals surface area contributed by atoms with Crippen molar-refractivity contribution >= 4 is 22.9 Å². The molecule has 0 radical (unpaired) electrons. The third kappa shape index (κ3) is 6.34. The topological polar surface area (TPSA) is 35.5 Å². The third-order valence-corrected chi connectivity index (χ3v) is 14.1. The van der Waals surface area contributed by atoms with Gasteiger partial charge in [-0.25, -0.2) is 0 Å². The van der Waals surface area contributed by atoms with Crippen molar-refractivity contribution in [3.05, 3.63) is 0 Å². The molecule has 0 unspecified atom stereocenters. The van der Waals surface area contributed by atoms with Crippen molar-refractivity contribution in [2.75, 3.05) is 6.61 Å². The summed E-state index contributed by atoms with van der Waals surface area (Å²) >= 11 is 0. The minimum absolute atomic E-state index is 0.113. The number of hydrogen-bond donors (Lipinski definition) is 0. The van der Waals surface area contributed by atoms with Crippen LogP contribution in [0.25, 0.3) is 0 Å². The molecule has 5 heteroatoms. The first-order valence-corrected chi connectivity index (χ1v) is 13.7. The Morgan fingerprint density at radius 2 is 1.33 bits per heavy atom. The van der Waals surface area contributed by atoms with E-state index in [-0.39, 0.29) is 16.2 Å². The van der Waals surface area contributed by atoms with Gasteiger partial charge in [-0.05, 0) is 36.3 Å². The molecule has 0 N–H and O–H groups in total. The third-order valence-electron chi connectivity index (χ3n) is 5.06. The van der Waals surface area contributed by atoms with Crippen LogP contribution in [0.4, 0.5) is 0 Å². The number of hydrogen-bond acceptors (Lipinski definition) is 3. The van der Waals surface area contributed by atoms with Gasteiger partial charge < -0.3 is 13.6 Å². The van der Waals surface area contributed by atoms with Crippen LogP contribution in [-0.4, -0.2) is 35.6 Å².